The van der Waals surface area contributed by atoms with Crippen molar-refractivity contribution in [2.24, 2.45) is 0 Å². The zero-order valence-corrected chi connectivity index (χ0v) is 11.8. The molecule has 104 valence electrons. The van der Waals surface area contributed by atoms with Crippen LogP contribution in [0.25, 0.3) is 0 Å². The van der Waals surface area contributed by atoms with Gasteiger partial charge in [0, 0.05) is 30.9 Å². The number of thioether (sulfide) groups is 1. The first-order valence-corrected chi connectivity index (χ1v) is 8.99. The molecule has 2 fully saturated rings. The fourth-order valence-corrected chi connectivity index (χ4v) is 5.12. The summed E-state index contributed by atoms with van der Waals surface area (Å²) in [7, 11) is -3.27. The van der Waals surface area contributed by atoms with Gasteiger partial charge in [0.05, 0.1) is 12.1 Å². The summed E-state index contributed by atoms with van der Waals surface area (Å²) in [5.74, 6) is 0.981. The molecule has 0 saturated carbocycles. The first-order chi connectivity index (χ1) is 8.39. The molecule has 0 aliphatic carbocycles. The van der Waals surface area contributed by atoms with Gasteiger partial charge >= 0.3 is 0 Å². The molecule has 2 aliphatic rings. The molecule has 0 aromatic rings. The second kappa shape index (κ2) is 5.36. The molecule has 0 radical (unpaired) electrons. The molecule has 2 heterocycles. The molecule has 0 aromatic carbocycles. The molecule has 2 saturated heterocycles. The third-order valence-corrected chi connectivity index (χ3v) is 5.91. The van der Waals surface area contributed by atoms with Gasteiger partial charge in [-0.2, -0.15) is 11.8 Å². The Labute approximate surface area is 111 Å². The lowest BCUT2D eigenvalue weighted by molar-refractivity contribution is -0.133. The smallest absolute Gasteiger partial charge is 0.240 e. The number of rotatable bonds is 2. The molecule has 18 heavy (non-hydrogen) atoms. The van der Waals surface area contributed by atoms with Crippen LogP contribution in [0.5, 0.6) is 0 Å². The second-order valence-electron chi connectivity index (χ2n) is 4.74. The van der Waals surface area contributed by atoms with Crippen molar-refractivity contribution in [3.8, 4) is 0 Å². The summed E-state index contributed by atoms with van der Waals surface area (Å²) in [6.07, 6.45) is 1.01. The molecule has 2 aliphatic heterocycles. The van der Waals surface area contributed by atoms with Crippen molar-refractivity contribution >= 4 is 27.5 Å². The van der Waals surface area contributed by atoms with Crippen LogP contribution in [0.3, 0.4) is 0 Å². The van der Waals surface area contributed by atoms with Gasteiger partial charge in [-0.25, -0.2) is 8.42 Å². The molecule has 6 nitrogen and oxygen atoms in total. The van der Waals surface area contributed by atoms with Crippen molar-refractivity contribution in [3.05, 3.63) is 0 Å². The van der Waals surface area contributed by atoms with Gasteiger partial charge in [0.25, 0.3) is 0 Å². The summed E-state index contributed by atoms with van der Waals surface area (Å²) >= 11 is 1.55. The van der Waals surface area contributed by atoms with Crippen LogP contribution in [0.2, 0.25) is 0 Å². The van der Waals surface area contributed by atoms with Gasteiger partial charge in [0.1, 0.15) is 5.37 Å². The molecule has 1 amide bonds. The van der Waals surface area contributed by atoms with E-state index in [2.05, 4.69) is 5.32 Å². The minimum absolute atomic E-state index is 0.206. The van der Waals surface area contributed by atoms with Crippen LogP contribution in [0.15, 0.2) is 0 Å². The van der Waals surface area contributed by atoms with Crippen LogP contribution in [0.4, 0.5) is 0 Å². The van der Waals surface area contributed by atoms with Gasteiger partial charge in [-0.15, -0.1) is 0 Å². The van der Waals surface area contributed by atoms with Crippen molar-refractivity contribution in [2.75, 3.05) is 30.9 Å². The van der Waals surface area contributed by atoms with Gasteiger partial charge in [0.15, 0.2) is 9.84 Å². The molecule has 2 N–H and O–H groups in total. The number of aliphatic hydroxyl groups is 1. The number of carbonyl (C=O) groups is 1. The number of nitrogens with one attached hydrogen (secondary N) is 1. The lowest BCUT2D eigenvalue weighted by Crippen LogP contribution is -2.54. The average molecular weight is 294 g/mol. The van der Waals surface area contributed by atoms with E-state index in [1.807, 2.05) is 0 Å². The monoisotopic (exact) mass is 294 g/mol. The zero-order valence-electron chi connectivity index (χ0n) is 10.2. The number of aliphatic hydroxyl groups excluding tert-OH is 1. The first-order valence-electron chi connectivity index (χ1n) is 5.88. The van der Waals surface area contributed by atoms with E-state index in [1.54, 1.807) is 11.8 Å². The number of sulfone groups is 1. The number of amides is 1. The van der Waals surface area contributed by atoms with E-state index in [4.69, 9.17) is 0 Å². The Kier molecular flexibility index (Phi) is 4.20. The van der Waals surface area contributed by atoms with Crippen LogP contribution in [0.1, 0.15) is 6.42 Å². The van der Waals surface area contributed by atoms with Gasteiger partial charge in [-0.05, 0) is 6.42 Å². The summed E-state index contributed by atoms with van der Waals surface area (Å²) in [6, 6.07) is -0.452. The lowest BCUT2D eigenvalue weighted by atomic mass is 10.2. The predicted octanol–water partition coefficient (Wildman–Crippen LogP) is -1.34. The second-order valence-corrected chi connectivity index (χ2v) is 8.09. The molecule has 0 bridgehead atoms. The maximum Gasteiger partial charge on any atom is 0.240 e. The number of nitrogens with zero attached hydrogens (tertiary/aromatic N) is 1. The molecule has 3 unspecified atom stereocenters. The van der Waals surface area contributed by atoms with Crippen LogP contribution < -0.4 is 5.32 Å². The fourth-order valence-electron chi connectivity index (χ4n) is 2.29. The fraction of sp³-hybridized carbons (Fsp3) is 0.900. The molecule has 0 spiro atoms. The topological polar surface area (TPSA) is 86.7 Å². The number of β-amino-alcohol motifs (C(OH)–C–C–N with tert-alkyl or cyclic N) is 1. The third-order valence-electron chi connectivity index (χ3n) is 3.27. The highest BCUT2D eigenvalue weighted by Crippen LogP contribution is 2.22. The Morgan fingerprint density at radius 3 is 2.78 bits per heavy atom. The maximum absolute atomic E-state index is 12.3. The van der Waals surface area contributed by atoms with E-state index in [0.29, 0.717) is 25.3 Å². The Hall–Kier alpha value is -0.310. The van der Waals surface area contributed by atoms with E-state index < -0.39 is 27.4 Å². The summed E-state index contributed by atoms with van der Waals surface area (Å²) < 4.78 is 23.4. The molecule has 2 rings (SSSR count). The number of carbonyl (C=O) groups excluding carboxylic acids is 1. The van der Waals surface area contributed by atoms with Gasteiger partial charge < -0.3 is 15.3 Å². The highest BCUT2D eigenvalue weighted by atomic mass is 32.2. The van der Waals surface area contributed by atoms with Crippen LogP contribution in [-0.4, -0.2) is 72.7 Å². The first kappa shape index (κ1) is 14.1. The highest BCUT2D eigenvalue weighted by Gasteiger charge is 2.39. The quantitative estimate of drug-likeness (QED) is 0.655. The molecular formula is C10H18N2O4S2. The van der Waals surface area contributed by atoms with E-state index in [-0.39, 0.29) is 5.91 Å². The highest BCUT2D eigenvalue weighted by molar-refractivity contribution is 8.00. The summed E-state index contributed by atoms with van der Waals surface area (Å²) in [4.78, 5) is 13.7. The Morgan fingerprint density at radius 1 is 1.50 bits per heavy atom. The maximum atomic E-state index is 12.3. The van der Waals surface area contributed by atoms with Crippen molar-refractivity contribution in [1.29, 1.82) is 0 Å². The minimum Gasteiger partial charge on any atom is -0.392 e. The van der Waals surface area contributed by atoms with E-state index >= 15 is 0 Å². The van der Waals surface area contributed by atoms with Gasteiger partial charge in [0.2, 0.25) is 5.91 Å². The minimum atomic E-state index is -3.27. The van der Waals surface area contributed by atoms with E-state index in [1.165, 1.54) is 11.2 Å². The van der Waals surface area contributed by atoms with Crippen molar-refractivity contribution < 1.29 is 18.3 Å². The predicted molar refractivity (Wildman–Crippen MR) is 70.1 cm³/mol. The van der Waals surface area contributed by atoms with Crippen molar-refractivity contribution in [2.45, 2.75) is 23.9 Å². The summed E-state index contributed by atoms with van der Waals surface area (Å²) in [6.45, 7) is 0.845. The molecular weight excluding hydrogens is 276 g/mol. The van der Waals surface area contributed by atoms with Crippen LogP contribution in [0, 0.1) is 0 Å². The standard InChI is InChI=1S/C10H18N2O4S2/c1-18(15,16)9-6-17-3-2-12(9)10(14)8-4-7(13)5-11-8/h7-9,11,13H,2-6H2,1H3. The number of hydrogen-bond donors (Lipinski definition) is 2. The normalized spacial score (nSPS) is 33.7. The molecule has 0 aromatic heterocycles. The van der Waals surface area contributed by atoms with E-state index in [0.717, 1.165) is 5.75 Å². The zero-order chi connectivity index (χ0) is 13.3. The third kappa shape index (κ3) is 2.98. The average Bonchev–Trinajstić information content (AvgIpc) is 2.74. The van der Waals surface area contributed by atoms with Crippen LogP contribution >= 0.6 is 11.8 Å². The SMILES string of the molecule is CS(=O)(=O)C1CSCCN1C(=O)C1CC(O)CN1. The Bertz CT molecular complexity index is 426. The summed E-state index contributed by atoms with van der Waals surface area (Å²) in [5.41, 5.74) is 0. The number of hydrogen-bond acceptors (Lipinski definition) is 6. The van der Waals surface area contributed by atoms with Crippen molar-refractivity contribution in [3.63, 3.8) is 0 Å². The molecule has 3 atom stereocenters. The lowest BCUT2D eigenvalue weighted by Gasteiger charge is -2.35. The summed E-state index contributed by atoms with van der Waals surface area (Å²) in [5, 5.41) is 11.6. The van der Waals surface area contributed by atoms with Gasteiger partial charge in [-0.3, -0.25) is 4.79 Å². The molecule has 8 heteroatoms. The van der Waals surface area contributed by atoms with Crippen molar-refractivity contribution in [1.82, 2.24) is 10.2 Å². The van der Waals surface area contributed by atoms with Crippen LogP contribution in [-0.2, 0) is 14.6 Å². The Balaban J connectivity index is 2.11. The Morgan fingerprint density at radius 2 is 2.22 bits per heavy atom. The van der Waals surface area contributed by atoms with Gasteiger partial charge in [-0.1, -0.05) is 0 Å². The van der Waals surface area contributed by atoms with E-state index in [9.17, 15) is 18.3 Å². The largest absolute Gasteiger partial charge is 0.392 e.